The molecule has 0 radical (unpaired) electrons. The molecule has 0 saturated heterocycles. The first-order chi connectivity index (χ1) is 12.3. The monoisotopic (exact) mass is 380 g/mol. The number of halogens is 1. The predicted octanol–water partition coefficient (Wildman–Crippen LogP) is 4.13. The molecule has 0 spiro atoms. The molecule has 1 aliphatic carbocycles. The number of alkyl carbamates (subject to hydrolysis) is 1. The maximum Gasteiger partial charge on any atom is 0.406 e. The van der Waals surface area contributed by atoms with E-state index in [2.05, 4.69) is 16.1 Å². The van der Waals surface area contributed by atoms with Crippen molar-refractivity contribution < 1.29 is 14.3 Å². The van der Waals surface area contributed by atoms with Crippen LogP contribution in [0.3, 0.4) is 0 Å². The Bertz CT molecular complexity index is 624. The normalized spacial score (nSPS) is 20.0. The number of nitrogens with one attached hydrogen (secondary N) is 1. The van der Waals surface area contributed by atoms with Crippen molar-refractivity contribution in [2.75, 3.05) is 20.7 Å². The molecule has 5 nitrogen and oxygen atoms in total. The molecular weight excluding hydrogens is 352 g/mol. The van der Waals surface area contributed by atoms with Gasteiger partial charge in [-0.2, -0.15) is 0 Å². The number of benzene rings is 1. The Labute approximate surface area is 161 Å². The van der Waals surface area contributed by atoms with E-state index in [1.165, 1.54) is 12.7 Å². The summed E-state index contributed by atoms with van der Waals surface area (Å²) in [6.45, 7) is 4.40. The molecule has 1 atom stereocenters. The van der Waals surface area contributed by atoms with Crippen LogP contribution in [0.4, 0.5) is 4.79 Å². The van der Waals surface area contributed by atoms with Crippen LogP contribution >= 0.6 is 11.6 Å². The van der Waals surface area contributed by atoms with Gasteiger partial charge in [-0.05, 0) is 55.4 Å². The van der Waals surface area contributed by atoms with Crippen LogP contribution in [-0.4, -0.2) is 43.6 Å². The molecule has 1 saturated carbocycles. The summed E-state index contributed by atoms with van der Waals surface area (Å²) >= 11 is 6.16. The van der Waals surface area contributed by atoms with Crippen molar-refractivity contribution in [1.82, 2.24) is 10.2 Å². The van der Waals surface area contributed by atoms with Gasteiger partial charge < -0.3 is 15.0 Å². The van der Waals surface area contributed by atoms with Crippen LogP contribution in [0, 0.1) is 12.8 Å². The molecule has 1 aliphatic rings. The van der Waals surface area contributed by atoms with Crippen molar-refractivity contribution in [2.24, 2.45) is 5.92 Å². The van der Waals surface area contributed by atoms with Gasteiger partial charge in [0.25, 0.3) is 0 Å². The lowest BCUT2D eigenvalue weighted by Gasteiger charge is -2.42. The number of ether oxygens (including phenoxy) is 1. The van der Waals surface area contributed by atoms with Gasteiger partial charge in [-0.1, -0.05) is 31.0 Å². The zero-order valence-corrected chi connectivity index (χ0v) is 16.8. The highest BCUT2D eigenvalue weighted by Gasteiger charge is 2.37. The quantitative estimate of drug-likeness (QED) is 0.773. The first-order valence-corrected chi connectivity index (χ1v) is 9.59. The summed E-state index contributed by atoms with van der Waals surface area (Å²) in [4.78, 5) is 26.0. The van der Waals surface area contributed by atoms with Crippen molar-refractivity contribution in [1.29, 1.82) is 0 Å². The Balaban J connectivity index is 1.92. The van der Waals surface area contributed by atoms with Gasteiger partial charge in [0.2, 0.25) is 5.91 Å². The van der Waals surface area contributed by atoms with Crippen LogP contribution in [0.1, 0.15) is 49.7 Å². The van der Waals surface area contributed by atoms with Crippen molar-refractivity contribution in [2.45, 2.75) is 51.5 Å². The molecule has 144 valence electrons. The molecular formula is C20H29ClN2O3. The second-order valence-electron chi connectivity index (χ2n) is 7.19. The van der Waals surface area contributed by atoms with Crippen LogP contribution in [0.25, 0.3) is 0 Å². The molecule has 1 N–H and O–H groups in total. The van der Waals surface area contributed by atoms with Crippen LogP contribution in [0.15, 0.2) is 18.2 Å². The number of amides is 2. The molecule has 26 heavy (non-hydrogen) atoms. The van der Waals surface area contributed by atoms with Gasteiger partial charge in [0.15, 0.2) is 0 Å². The molecule has 1 aromatic rings. The van der Waals surface area contributed by atoms with Crippen molar-refractivity contribution in [3.63, 3.8) is 0 Å². The second-order valence-corrected chi connectivity index (χ2v) is 7.63. The van der Waals surface area contributed by atoms with Gasteiger partial charge in [-0.3, -0.25) is 4.79 Å². The fourth-order valence-electron chi connectivity index (χ4n) is 3.58. The van der Waals surface area contributed by atoms with E-state index >= 15 is 0 Å². The largest absolute Gasteiger partial charge is 0.453 e. The highest BCUT2D eigenvalue weighted by atomic mass is 35.5. The molecule has 0 aromatic heterocycles. The molecule has 1 aromatic carbocycles. The molecule has 0 unspecified atom stereocenters. The Morgan fingerprint density at radius 1 is 1.35 bits per heavy atom. The number of nitrogens with zero attached hydrogens (tertiary/aromatic N) is 1. The van der Waals surface area contributed by atoms with E-state index in [9.17, 15) is 9.59 Å². The summed E-state index contributed by atoms with van der Waals surface area (Å²) in [5.74, 6) is 0.330. The fraction of sp³-hybridized carbons (Fsp3) is 0.600. The van der Waals surface area contributed by atoms with Crippen LogP contribution in [0.5, 0.6) is 0 Å². The Morgan fingerprint density at radius 2 is 2.04 bits per heavy atom. The minimum atomic E-state index is -0.499. The molecule has 0 heterocycles. The van der Waals surface area contributed by atoms with E-state index < -0.39 is 6.09 Å². The molecule has 0 aliphatic heterocycles. The molecule has 6 heteroatoms. The topological polar surface area (TPSA) is 58.6 Å². The average Bonchev–Trinajstić information content (AvgIpc) is 2.55. The van der Waals surface area contributed by atoms with Gasteiger partial charge in [0.05, 0.1) is 13.0 Å². The Hall–Kier alpha value is -1.75. The number of hydrogen-bond acceptors (Lipinski definition) is 3. The third-order valence-corrected chi connectivity index (χ3v) is 5.43. The van der Waals surface area contributed by atoms with Gasteiger partial charge in [0, 0.05) is 24.7 Å². The van der Waals surface area contributed by atoms with Crippen LogP contribution in [0.2, 0.25) is 5.02 Å². The number of carbonyl (C=O) groups excluding carboxylic acids is 2. The minimum absolute atomic E-state index is 0.0916. The van der Waals surface area contributed by atoms with E-state index in [1.807, 2.05) is 37.9 Å². The standard InChI is InChI=1S/C20H29ClN2O3/c1-5-6-14(12-22-20(25)26-4)19(24)23(3)18-10-16(11-18)15-7-13(2)8-17(21)9-15/h7-9,14,16,18H,5-6,10-12H2,1-4H3,(H,22,25)/t14-,16-,18+/m1/s1. The van der Waals surface area contributed by atoms with Gasteiger partial charge in [0.1, 0.15) is 0 Å². The van der Waals surface area contributed by atoms with Gasteiger partial charge >= 0.3 is 6.09 Å². The maximum absolute atomic E-state index is 12.8. The number of methoxy groups -OCH3 is 1. The SMILES string of the molecule is CCC[C@H](CNC(=O)OC)C(=O)N(C)[C@H]1C[C@@H](c2cc(C)cc(Cl)c2)C1. The summed E-state index contributed by atoms with van der Waals surface area (Å²) in [5.41, 5.74) is 2.42. The minimum Gasteiger partial charge on any atom is -0.453 e. The highest BCUT2D eigenvalue weighted by molar-refractivity contribution is 6.30. The first kappa shape index (κ1) is 20.6. The smallest absolute Gasteiger partial charge is 0.406 e. The predicted molar refractivity (Wildman–Crippen MR) is 104 cm³/mol. The van der Waals surface area contributed by atoms with Crippen LogP contribution in [-0.2, 0) is 9.53 Å². The number of aryl methyl sites for hydroxylation is 1. The summed E-state index contributed by atoms with van der Waals surface area (Å²) < 4.78 is 4.60. The Kier molecular flexibility index (Phi) is 7.33. The van der Waals surface area contributed by atoms with E-state index in [0.717, 1.165) is 36.3 Å². The van der Waals surface area contributed by atoms with E-state index in [1.54, 1.807) is 0 Å². The maximum atomic E-state index is 12.8. The zero-order chi connectivity index (χ0) is 19.3. The number of hydrogen-bond donors (Lipinski definition) is 1. The first-order valence-electron chi connectivity index (χ1n) is 9.21. The number of carbonyl (C=O) groups is 2. The third kappa shape index (κ3) is 5.13. The summed E-state index contributed by atoms with van der Waals surface area (Å²) in [5, 5.41) is 3.42. The average molecular weight is 381 g/mol. The molecule has 1 fully saturated rings. The van der Waals surface area contributed by atoms with Gasteiger partial charge in [-0.15, -0.1) is 0 Å². The highest BCUT2D eigenvalue weighted by Crippen LogP contribution is 2.40. The molecule has 2 rings (SSSR count). The zero-order valence-electron chi connectivity index (χ0n) is 16.0. The lowest BCUT2D eigenvalue weighted by Crippen LogP contribution is -2.48. The third-order valence-electron chi connectivity index (χ3n) is 5.21. The van der Waals surface area contributed by atoms with E-state index in [-0.39, 0.29) is 17.9 Å². The second kappa shape index (κ2) is 9.26. The van der Waals surface area contributed by atoms with Crippen molar-refractivity contribution >= 4 is 23.6 Å². The summed E-state index contributed by atoms with van der Waals surface area (Å²) in [7, 11) is 3.19. The molecule has 2 amide bonds. The summed E-state index contributed by atoms with van der Waals surface area (Å²) in [6, 6.07) is 6.40. The van der Waals surface area contributed by atoms with Crippen molar-refractivity contribution in [3.8, 4) is 0 Å². The fourth-order valence-corrected chi connectivity index (χ4v) is 3.88. The van der Waals surface area contributed by atoms with E-state index in [0.29, 0.717) is 12.5 Å². The van der Waals surface area contributed by atoms with E-state index in [4.69, 9.17) is 11.6 Å². The van der Waals surface area contributed by atoms with Gasteiger partial charge in [-0.25, -0.2) is 4.79 Å². The van der Waals surface area contributed by atoms with Crippen molar-refractivity contribution in [3.05, 3.63) is 34.3 Å². The lowest BCUT2D eigenvalue weighted by molar-refractivity contribution is -0.138. The summed E-state index contributed by atoms with van der Waals surface area (Å²) in [6.07, 6.45) is 3.04. The van der Waals surface area contributed by atoms with Crippen LogP contribution < -0.4 is 5.32 Å². The molecule has 0 bridgehead atoms. The lowest BCUT2D eigenvalue weighted by atomic mass is 9.74. The number of rotatable bonds is 7. The Morgan fingerprint density at radius 3 is 2.62 bits per heavy atom.